The molecular weight excluding hydrogens is 412 g/mol. The first kappa shape index (κ1) is 16.0. The summed E-state index contributed by atoms with van der Waals surface area (Å²) in [6.45, 7) is 0.447. The Balaban J connectivity index is 1.74. The summed E-state index contributed by atoms with van der Waals surface area (Å²) in [4.78, 5) is 12.1. The fraction of sp³-hybridized carbons (Fsp3) is 0.143. The zero-order chi connectivity index (χ0) is 17.4. The number of benzene rings is 1. The van der Waals surface area contributed by atoms with E-state index in [2.05, 4.69) is 40.7 Å². The van der Waals surface area contributed by atoms with Gasteiger partial charge in [-0.2, -0.15) is 14.8 Å². The van der Waals surface area contributed by atoms with Crippen LogP contribution in [0.4, 0.5) is 5.95 Å². The van der Waals surface area contributed by atoms with E-state index in [4.69, 9.17) is 4.74 Å². The molecule has 0 bridgehead atoms. The molecule has 1 aliphatic rings. The zero-order valence-electron chi connectivity index (χ0n) is 12.6. The van der Waals surface area contributed by atoms with Crippen LogP contribution in [0.5, 0.6) is 5.75 Å². The summed E-state index contributed by atoms with van der Waals surface area (Å²) >= 11 is 3.34. The first-order valence-electron chi connectivity index (χ1n) is 7.20. The van der Waals surface area contributed by atoms with Crippen molar-refractivity contribution in [2.45, 2.75) is 11.3 Å². The predicted octanol–water partition coefficient (Wildman–Crippen LogP) is 1.56. The Morgan fingerprint density at radius 1 is 1.20 bits per heavy atom. The predicted molar refractivity (Wildman–Crippen MR) is 91.1 cm³/mol. The number of ether oxygens (including phenoxy) is 1. The van der Waals surface area contributed by atoms with Crippen LogP contribution in [0.1, 0.15) is 5.56 Å². The molecule has 3 heterocycles. The Morgan fingerprint density at radius 2 is 2.00 bits per heavy atom. The van der Waals surface area contributed by atoms with Crippen LogP contribution in [-0.2, 0) is 16.4 Å². The summed E-state index contributed by atoms with van der Waals surface area (Å²) in [7, 11) is -3.95. The van der Waals surface area contributed by atoms with Gasteiger partial charge in [-0.05, 0) is 18.2 Å². The van der Waals surface area contributed by atoms with Gasteiger partial charge in [-0.1, -0.05) is 15.9 Å². The van der Waals surface area contributed by atoms with Gasteiger partial charge in [0.15, 0.2) is 0 Å². The highest BCUT2D eigenvalue weighted by Crippen LogP contribution is 2.36. The number of hydrogen-bond donors (Lipinski definition) is 1. The number of fused-ring (bicyclic) bond motifs is 1. The maximum absolute atomic E-state index is 12.9. The number of sulfonamides is 1. The van der Waals surface area contributed by atoms with Gasteiger partial charge in [0, 0.05) is 28.9 Å². The van der Waals surface area contributed by atoms with Gasteiger partial charge in [0.1, 0.15) is 17.0 Å². The summed E-state index contributed by atoms with van der Waals surface area (Å²) < 4.78 is 35.5. The molecule has 25 heavy (non-hydrogen) atoms. The maximum Gasteiger partial charge on any atom is 0.267 e. The number of halogens is 1. The molecule has 1 aromatic carbocycles. The highest BCUT2D eigenvalue weighted by molar-refractivity contribution is 9.10. The van der Waals surface area contributed by atoms with E-state index in [1.807, 2.05) is 6.07 Å². The molecule has 128 valence electrons. The lowest BCUT2D eigenvalue weighted by Crippen LogP contribution is -2.18. The maximum atomic E-state index is 12.9. The monoisotopic (exact) mass is 422 g/mol. The number of anilines is 1. The molecule has 11 heteroatoms. The highest BCUT2D eigenvalue weighted by Gasteiger charge is 2.28. The molecule has 0 spiro atoms. The minimum atomic E-state index is -3.95. The number of rotatable bonds is 4. The van der Waals surface area contributed by atoms with Crippen LogP contribution in [0.15, 0.2) is 46.3 Å². The van der Waals surface area contributed by atoms with Crippen LogP contribution < -0.4 is 9.46 Å². The molecule has 2 aromatic heterocycles. The first-order chi connectivity index (χ1) is 12.0. The molecule has 0 aliphatic carbocycles. The Morgan fingerprint density at radius 3 is 2.80 bits per heavy atom. The van der Waals surface area contributed by atoms with Crippen molar-refractivity contribution in [3.63, 3.8) is 0 Å². The molecule has 0 fully saturated rings. The molecule has 4 rings (SSSR count). The Hall–Kier alpha value is -2.53. The van der Waals surface area contributed by atoms with Crippen molar-refractivity contribution in [3.05, 3.63) is 47.0 Å². The van der Waals surface area contributed by atoms with Crippen LogP contribution in [-0.4, -0.2) is 39.8 Å². The lowest BCUT2D eigenvalue weighted by atomic mass is 10.2. The minimum Gasteiger partial charge on any atom is -0.492 e. The van der Waals surface area contributed by atoms with Gasteiger partial charge in [-0.3, -0.25) is 0 Å². The molecule has 0 atom stereocenters. The van der Waals surface area contributed by atoms with Crippen molar-refractivity contribution in [2.75, 3.05) is 11.3 Å². The molecule has 1 N–H and O–H groups in total. The zero-order valence-corrected chi connectivity index (χ0v) is 15.0. The van der Waals surface area contributed by atoms with Crippen LogP contribution in [0, 0.1) is 0 Å². The highest BCUT2D eigenvalue weighted by atomic mass is 79.9. The van der Waals surface area contributed by atoms with Crippen molar-refractivity contribution >= 4 is 31.9 Å². The van der Waals surface area contributed by atoms with Gasteiger partial charge in [0.25, 0.3) is 16.0 Å². The average Bonchev–Trinajstić information content (AvgIpc) is 3.23. The van der Waals surface area contributed by atoms with E-state index in [1.165, 1.54) is 29.5 Å². The van der Waals surface area contributed by atoms with Gasteiger partial charge in [0.05, 0.1) is 6.61 Å². The van der Waals surface area contributed by atoms with Gasteiger partial charge in [-0.15, -0.1) is 0 Å². The number of hydrogen-bond acceptors (Lipinski definition) is 7. The fourth-order valence-electron chi connectivity index (χ4n) is 2.47. The van der Waals surface area contributed by atoms with Crippen molar-refractivity contribution in [2.24, 2.45) is 0 Å². The van der Waals surface area contributed by atoms with Crippen LogP contribution in [0.25, 0.3) is 5.95 Å². The summed E-state index contributed by atoms with van der Waals surface area (Å²) in [6.07, 6.45) is 4.93. The third-order valence-electron chi connectivity index (χ3n) is 3.52. The fourth-order valence-corrected chi connectivity index (χ4v) is 4.33. The molecule has 1 aliphatic heterocycles. The second-order valence-corrected chi connectivity index (χ2v) is 7.71. The third-order valence-corrected chi connectivity index (χ3v) is 5.31. The summed E-state index contributed by atoms with van der Waals surface area (Å²) in [5.41, 5.74) is 0.836. The molecule has 0 saturated heterocycles. The molecule has 0 amide bonds. The topological polar surface area (TPSA) is 112 Å². The van der Waals surface area contributed by atoms with Crippen molar-refractivity contribution in [3.8, 4) is 11.7 Å². The van der Waals surface area contributed by atoms with Crippen LogP contribution in [0.3, 0.4) is 0 Å². The number of nitrogens with one attached hydrogen (secondary N) is 1. The van der Waals surface area contributed by atoms with E-state index in [-0.39, 0.29) is 16.8 Å². The summed E-state index contributed by atoms with van der Waals surface area (Å²) in [5.74, 6) is 0.545. The molecular formula is C14H11BrN6O3S. The standard InChI is InChI=1S/C14H11BrN6O3S/c15-10-6-9-2-5-24-12(9)11(7-10)25(22,23)20-14-18-8-19-21(14)13-16-3-1-4-17-13/h1,3-4,6-8H,2,5H2,(H,18,19,20). The second kappa shape index (κ2) is 6.08. The Bertz CT molecular complexity index is 1040. The third kappa shape index (κ3) is 2.96. The normalized spacial score (nSPS) is 13.3. The van der Waals surface area contributed by atoms with Gasteiger partial charge in [-0.25, -0.2) is 23.1 Å². The minimum absolute atomic E-state index is 0.0158. The molecule has 9 nitrogen and oxygen atoms in total. The van der Waals surface area contributed by atoms with E-state index >= 15 is 0 Å². The van der Waals surface area contributed by atoms with E-state index in [0.717, 1.165) is 5.56 Å². The number of nitrogens with zero attached hydrogens (tertiary/aromatic N) is 5. The van der Waals surface area contributed by atoms with Crippen molar-refractivity contribution in [1.29, 1.82) is 0 Å². The van der Waals surface area contributed by atoms with E-state index in [0.29, 0.717) is 23.2 Å². The largest absolute Gasteiger partial charge is 0.492 e. The Kier molecular flexibility index (Phi) is 3.88. The summed E-state index contributed by atoms with van der Waals surface area (Å²) in [6, 6.07) is 4.99. The van der Waals surface area contributed by atoms with Gasteiger partial charge >= 0.3 is 0 Å². The number of aromatic nitrogens is 5. The van der Waals surface area contributed by atoms with E-state index in [1.54, 1.807) is 6.07 Å². The second-order valence-electron chi connectivity index (χ2n) is 5.14. The quantitative estimate of drug-likeness (QED) is 0.678. The van der Waals surface area contributed by atoms with Gasteiger partial charge in [0.2, 0.25) is 5.95 Å². The SMILES string of the molecule is O=S(=O)(Nc1ncnn1-c1ncccn1)c1cc(Br)cc2c1OCC2. The van der Waals surface area contributed by atoms with Crippen LogP contribution >= 0.6 is 15.9 Å². The Labute approximate surface area is 151 Å². The molecule has 3 aromatic rings. The molecule has 0 saturated carbocycles. The van der Waals surface area contributed by atoms with Crippen LogP contribution in [0.2, 0.25) is 0 Å². The lowest BCUT2D eigenvalue weighted by Gasteiger charge is -2.11. The van der Waals surface area contributed by atoms with Crippen molar-refractivity contribution in [1.82, 2.24) is 24.7 Å². The molecule has 0 unspecified atom stereocenters. The van der Waals surface area contributed by atoms with E-state index < -0.39 is 10.0 Å². The smallest absolute Gasteiger partial charge is 0.267 e. The van der Waals surface area contributed by atoms with Gasteiger partial charge < -0.3 is 4.74 Å². The first-order valence-corrected chi connectivity index (χ1v) is 9.48. The van der Waals surface area contributed by atoms with E-state index in [9.17, 15) is 8.42 Å². The summed E-state index contributed by atoms with van der Waals surface area (Å²) in [5, 5.41) is 3.97. The lowest BCUT2D eigenvalue weighted by molar-refractivity contribution is 0.348. The van der Waals surface area contributed by atoms with Crippen molar-refractivity contribution < 1.29 is 13.2 Å². The molecule has 0 radical (unpaired) electrons. The average molecular weight is 423 g/mol.